The van der Waals surface area contributed by atoms with E-state index in [-0.39, 0.29) is 0 Å². The number of nitrogens with one attached hydrogen (secondary N) is 1. The molecular weight excluding hydrogens is 282 g/mol. The third kappa shape index (κ3) is 3.08. The molecule has 1 aromatic heterocycles. The summed E-state index contributed by atoms with van der Waals surface area (Å²) in [7, 11) is 0. The Bertz CT molecular complexity index is 343. The molecule has 0 aliphatic heterocycles. The lowest BCUT2D eigenvalue weighted by atomic mass is 9.95. The molecule has 1 unspecified atom stereocenters. The van der Waals surface area contributed by atoms with E-state index in [0.717, 1.165) is 6.54 Å². The molecule has 2 rings (SSSR count). The van der Waals surface area contributed by atoms with E-state index < -0.39 is 0 Å². The van der Waals surface area contributed by atoms with Gasteiger partial charge in [-0.2, -0.15) is 0 Å². The highest BCUT2D eigenvalue weighted by atomic mass is 79.9. The van der Waals surface area contributed by atoms with Crippen molar-refractivity contribution in [2.24, 2.45) is 5.41 Å². The molecule has 0 bridgehead atoms. The first-order chi connectivity index (χ1) is 7.64. The Morgan fingerprint density at radius 1 is 1.56 bits per heavy atom. The predicted octanol–water partition coefficient (Wildman–Crippen LogP) is 4.22. The van der Waals surface area contributed by atoms with Gasteiger partial charge < -0.3 is 5.32 Å². The van der Waals surface area contributed by atoms with Gasteiger partial charge in [-0.25, -0.2) is 0 Å². The topological polar surface area (TPSA) is 12.0 Å². The smallest absolute Gasteiger partial charge is 0.0285 e. The van der Waals surface area contributed by atoms with Crippen molar-refractivity contribution in [3.8, 4) is 0 Å². The molecule has 1 nitrogen and oxygen atoms in total. The molecule has 0 amide bonds. The lowest BCUT2D eigenvalue weighted by molar-refractivity contribution is 0.356. The Labute approximate surface area is 111 Å². The zero-order chi connectivity index (χ0) is 11.6. The maximum absolute atomic E-state index is 3.72. The molecular formula is C13H20BrNS. The van der Waals surface area contributed by atoms with Crippen LogP contribution in [0.3, 0.4) is 0 Å². The fourth-order valence-corrected chi connectivity index (χ4v) is 3.59. The summed E-state index contributed by atoms with van der Waals surface area (Å²) < 4.78 is 1.22. The fourth-order valence-electron chi connectivity index (χ4n) is 2.09. The van der Waals surface area contributed by atoms with E-state index in [1.165, 1.54) is 35.0 Å². The Hall–Kier alpha value is 0.140. The summed E-state index contributed by atoms with van der Waals surface area (Å²) in [5.74, 6) is 0. The summed E-state index contributed by atoms with van der Waals surface area (Å²) in [6.45, 7) is 5.80. The Morgan fingerprint density at radius 2 is 2.31 bits per heavy atom. The van der Waals surface area contributed by atoms with Crippen LogP contribution in [-0.4, -0.2) is 12.6 Å². The minimum Gasteiger partial charge on any atom is -0.313 e. The van der Waals surface area contributed by atoms with E-state index >= 15 is 0 Å². The minimum absolute atomic E-state index is 0.561. The molecule has 0 aromatic carbocycles. The van der Waals surface area contributed by atoms with E-state index in [4.69, 9.17) is 0 Å². The van der Waals surface area contributed by atoms with Crippen molar-refractivity contribution < 1.29 is 0 Å². The second-order valence-electron chi connectivity index (χ2n) is 5.10. The van der Waals surface area contributed by atoms with Gasteiger partial charge in [-0.1, -0.05) is 13.8 Å². The Kier molecular flexibility index (Phi) is 4.09. The molecule has 1 N–H and O–H groups in total. The molecule has 1 fully saturated rings. The van der Waals surface area contributed by atoms with Gasteiger partial charge >= 0.3 is 0 Å². The number of hydrogen-bond acceptors (Lipinski definition) is 2. The van der Waals surface area contributed by atoms with Crippen LogP contribution in [0.4, 0.5) is 0 Å². The van der Waals surface area contributed by atoms with Crippen LogP contribution in [0.2, 0.25) is 0 Å². The van der Waals surface area contributed by atoms with Crippen LogP contribution in [0.15, 0.2) is 15.9 Å². The van der Waals surface area contributed by atoms with Gasteiger partial charge in [0.25, 0.3) is 0 Å². The maximum atomic E-state index is 3.72. The number of rotatable bonds is 6. The molecule has 1 aliphatic carbocycles. The molecule has 0 radical (unpaired) electrons. The molecule has 1 aliphatic rings. The molecule has 3 heteroatoms. The first-order valence-electron chi connectivity index (χ1n) is 6.10. The van der Waals surface area contributed by atoms with Crippen LogP contribution >= 0.6 is 27.3 Å². The summed E-state index contributed by atoms with van der Waals surface area (Å²) >= 11 is 5.40. The van der Waals surface area contributed by atoms with Gasteiger partial charge in [-0.15, -0.1) is 11.3 Å². The van der Waals surface area contributed by atoms with E-state index in [9.17, 15) is 0 Å². The lowest BCUT2D eigenvalue weighted by Crippen LogP contribution is -2.38. The quantitative estimate of drug-likeness (QED) is 0.829. The first-order valence-corrected chi connectivity index (χ1v) is 7.77. The van der Waals surface area contributed by atoms with E-state index in [1.807, 2.05) is 11.3 Å². The third-order valence-electron chi connectivity index (χ3n) is 3.55. The van der Waals surface area contributed by atoms with Crippen LogP contribution in [0.25, 0.3) is 0 Å². The molecule has 0 saturated heterocycles. The molecule has 1 heterocycles. The van der Waals surface area contributed by atoms with Gasteiger partial charge in [0.05, 0.1) is 0 Å². The number of thiophene rings is 1. The maximum Gasteiger partial charge on any atom is 0.0285 e. The molecule has 16 heavy (non-hydrogen) atoms. The fraction of sp³-hybridized carbons (Fsp3) is 0.692. The largest absolute Gasteiger partial charge is 0.313 e. The van der Waals surface area contributed by atoms with Gasteiger partial charge in [0, 0.05) is 20.8 Å². The molecule has 1 saturated carbocycles. The highest BCUT2D eigenvalue weighted by molar-refractivity contribution is 9.10. The summed E-state index contributed by atoms with van der Waals surface area (Å²) in [6, 6.07) is 2.93. The summed E-state index contributed by atoms with van der Waals surface area (Å²) in [6.07, 6.45) is 5.19. The molecule has 90 valence electrons. The Balaban J connectivity index is 1.96. The van der Waals surface area contributed by atoms with E-state index in [2.05, 4.69) is 46.5 Å². The van der Waals surface area contributed by atoms with Gasteiger partial charge in [0.15, 0.2) is 0 Å². The van der Waals surface area contributed by atoms with Crippen molar-refractivity contribution in [3.05, 3.63) is 20.8 Å². The van der Waals surface area contributed by atoms with Crippen molar-refractivity contribution >= 4 is 27.3 Å². The molecule has 0 spiro atoms. The molecule has 1 aromatic rings. The van der Waals surface area contributed by atoms with Crippen LogP contribution in [-0.2, 0) is 6.42 Å². The van der Waals surface area contributed by atoms with Crippen molar-refractivity contribution in [1.82, 2.24) is 5.32 Å². The lowest BCUT2D eigenvalue weighted by Gasteiger charge is -2.24. The normalized spacial score (nSPS) is 19.7. The second-order valence-corrected chi connectivity index (χ2v) is 7.01. The summed E-state index contributed by atoms with van der Waals surface area (Å²) in [5, 5.41) is 5.90. The monoisotopic (exact) mass is 301 g/mol. The second kappa shape index (κ2) is 5.19. The van der Waals surface area contributed by atoms with Crippen molar-refractivity contribution in [2.45, 2.75) is 45.6 Å². The van der Waals surface area contributed by atoms with Gasteiger partial charge in [0.2, 0.25) is 0 Å². The summed E-state index contributed by atoms with van der Waals surface area (Å²) in [4.78, 5) is 1.49. The van der Waals surface area contributed by atoms with Gasteiger partial charge in [-0.05, 0) is 59.6 Å². The van der Waals surface area contributed by atoms with Crippen molar-refractivity contribution in [1.29, 1.82) is 0 Å². The predicted molar refractivity (Wildman–Crippen MR) is 75.1 cm³/mol. The highest BCUT2D eigenvalue weighted by Gasteiger charge is 2.44. The van der Waals surface area contributed by atoms with Crippen LogP contribution < -0.4 is 5.32 Å². The Morgan fingerprint density at radius 3 is 2.81 bits per heavy atom. The first kappa shape index (κ1) is 12.6. The van der Waals surface area contributed by atoms with E-state index in [1.54, 1.807) is 0 Å². The van der Waals surface area contributed by atoms with Crippen molar-refractivity contribution in [3.63, 3.8) is 0 Å². The number of hydrogen-bond donors (Lipinski definition) is 1. The van der Waals surface area contributed by atoms with Crippen LogP contribution in [0.1, 0.15) is 38.0 Å². The SMILES string of the molecule is CCCNC(Cc1cc(Br)cs1)C1(C)CC1. The molecule has 1 atom stereocenters. The average Bonchev–Trinajstić information content (AvgIpc) is 2.86. The number of halogens is 1. The zero-order valence-corrected chi connectivity index (χ0v) is 12.5. The summed E-state index contributed by atoms with van der Waals surface area (Å²) in [5.41, 5.74) is 0.561. The highest BCUT2D eigenvalue weighted by Crippen LogP contribution is 2.49. The zero-order valence-electron chi connectivity index (χ0n) is 10.1. The van der Waals surface area contributed by atoms with Gasteiger partial charge in [-0.3, -0.25) is 0 Å². The van der Waals surface area contributed by atoms with Crippen LogP contribution in [0, 0.1) is 5.41 Å². The average molecular weight is 302 g/mol. The van der Waals surface area contributed by atoms with Gasteiger partial charge in [0.1, 0.15) is 0 Å². The van der Waals surface area contributed by atoms with Crippen LogP contribution in [0.5, 0.6) is 0 Å². The standard InChI is InChI=1S/C13H20BrNS/c1-3-6-15-12(13(2)4-5-13)8-11-7-10(14)9-16-11/h7,9,12,15H,3-6,8H2,1-2H3. The third-order valence-corrected chi connectivity index (χ3v) is 5.27. The van der Waals surface area contributed by atoms with Crippen molar-refractivity contribution in [2.75, 3.05) is 6.54 Å². The van der Waals surface area contributed by atoms with E-state index in [0.29, 0.717) is 11.5 Å². The minimum atomic E-state index is 0.561.